The predicted octanol–water partition coefficient (Wildman–Crippen LogP) is 3.85. The molecule has 0 radical (unpaired) electrons. The summed E-state index contributed by atoms with van der Waals surface area (Å²) in [5.74, 6) is 3.38. The zero-order valence-corrected chi connectivity index (χ0v) is 16.7. The minimum absolute atomic E-state index is 0.242. The number of benzene rings is 2. The second-order valence-electron chi connectivity index (χ2n) is 6.48. The topological polar surface area (TPSA) is 69.9 Å². The molecule has 0 spiro atoms. The molecule has 2 aromatic carbocycles. The molecule has 0 amide bonds. The van der Waals surface area contributed by atoms with Crippen LogP contribution in [0.25, 0.3) is 0 Å². The van der Waals surface area contributed by atoms with Crippen LogP contribution in [-0.4, -0.2) is 35.8 Å². The molecule has 0 fully saturated rings. The molecule has 7 nitrogen and oxygen atoms in total. The van der Waals surface area contributed by atoms with Crippen LogP contribution in [0.15, 0.2) is 65.7 Å². The number of aromatic nitrogens is 2. The highest BCUT2D eigenvalue weighted by atomic mass is 16.5. The van der Waals surface area contributed by atoms with Gasteiger partial charge in [0, 0.05) is 6.54 Å². The number of methoxy groups -OCH3 is 1. The van der Waals surface area contributed by atoms with Gasteiger partial charge in [0.05, 0.1) is 13.7 Å². The first-order valence-electron chi connectivity index (χ1n) is 9.26. The summed E-state index contributed by atoms with van der Waals surface area (Å²) in [5, 5.41) is 3.98. The third-order valence-electron chi connectivity index (χ3n) is 4.09. The van der Waals surface area contributed by atoms with Crippen molar-refractivity contribution in [2.24, 2.45) is 0 Å². The Kier molecular flexibility index (Phi) is 7.24. The van der Waals surface area contributed by atoms with Crippen LogP contribution in [0.3, 0.4) is 0 Å². The lowest BCUT2D eigenvalue weighted by molar-refractivity contribution is 0.256. The van der Waals surface area contributed by atoms with Gasteiger partial charge >= 0.3 is 0 Å². The summed E-state index contributed by atoms with van der Waals surface area (Å²) in [6.45, 7) is 5.68. The molecular weight excluding hydrogens is 370 g/mol. The van der Waals surface area contributed by atoms with Crippen LogP contribution in [0.5, 0.6) is 17.2 Å². The molecule has 1 aromatic heterocycles. The monoisotopic (exact) mass is 395 g/mol. The zero-order valence-electron chi connectivity index (χ0n) is 16.7. The Morgan fingerprint density at radius 3 is 2.31 bits per heavy atom. The lowest BCUT2D eigenvalue weighted by atomic mass is 10.2. The fourth-order valence-corrected chi connectivity index (χ4v) is 2.68. The Balaban J connectivity index is 1.46. The second-order valence-corrected chi connectivity index (χ2v) is 6.48. The van der Waals surface area contributed by atoms with Gasteiger partial charge in [-0.15, -0.1) is 0 Å². The van der Waals surface area contributed by atoms with Crippen LogP contribution in [0.1, 0.15) is 17.3 Å². The van der Waals surface area contributed by atoms with Gasteiger partial charge in [0.15, 0.2) is 6.61 Å². The summed E-state index contributed by atoms with van der Waals surface area (Å²) in [6.07, 6.45) is 1.72. The number of rotatable bonds is 11. The third kappa shape index (κ3) is 6.36. The van der Waals surface area contributed by atoms with E-state index in [1.54, 1.807) is 13.2 Å². The molecule has 3 aromatic rings. The third-order valence-corrected chi connectivity index (χ3v) is 4.09. The molecule has 7 heteroatoms. The summed E-state index contributed by atoms with van der Waals surface area (Å²) < 4.78 is 21.6. The molecule has 29 heavy (non-hydrogen) atoms. The first-order valence-corrected chi connectivity index (χ1v) is 9.26. The summed E-state index contributed by atoms with van der Waals surface area (Å²) in [4.78, 5) is 6.49. The van der Waals surface area contributed by atoms with E-state index in [4.69, 9.17) is 18.7 Å². The maximum atomic E-state index is 5.67. The predicted molar refractivity (Wildman–Crippen MR) is 109 cm³/mol. The van der Waals surface area contributed by atoms with Crippen LogP contribution in [0.4, 0.5) is 0 Å². The minimum atomic E-state index is 0.242. The molecule has 0 aliphatic rings. The van der Waals surface area contributed by atoms with Gasteiger partial charge in [-0.3, -0.25) is 4.90 Å². The van der Waals surface area contributed by atoms with Gasteiger partial charge in [-0.2, -0.15) is 4.98 Å². The first-order chi connectivity index (χ1) is 14.2. The van der Waals surface area contributed by atoms with Gasteiger partial charge in [0.2, 0.25) is 11.7 Å². The van der Waals surface area contributed by atoms with Crippen molar-refractivity contribution in [3.8, 4) is 17.2 Å². The Labute approximate surface area is 170 Å². The molecule has 3 rings (SSSR count). The van der Waals surface area contributed by atoms with Gasteiger partial charge in [0.1, 0.15) is 23.9 Å². The number of hydrogen-bond donors (Lipinski definition) is 0. The van der Waals surface area contributed by atoms with E-state index < -0.39 is 0 Å². The van der Waals surface area contributed by atoms with E-state index in [2.05, 4.69) is 21.6 Å². The zero-order chi connectivity index (χ0) is 20.5. The van der Waals surface area contributed by atoms with Gasteiger partial charge in [0.25, 0.3) is 0 Å². The normalized spacial score (nSPS) is 10.7. The molecular formula is C22H25N3O4. The van der Waals surface area contributed by atoms with E-state index in [9.17, 15) is 0 Å². The van der Waals surface area contributed by atoms with Crippen molar-refractivity contribution in [3.05, 3.63) is 78.5 Å². The Hall–Kier alpha value is -3.32. The van der Waals surface area contributed by atoms with E-state index >= 15 is 0 Å². The molecule has 0 saturated heterocycles. The number of hydrogen-bond acceptors (Lipinski definition) is 7. The maximum Gasteiger partial charge on any atom is 0.240 e. The van der Waals surface area contributed by atoms with Crippen molar-refractivity contribution in [2.45, 2.75) is 19.7 Å². The summed E-state index contributed by atoms with van der Waals surface area (Å²) >= 11 is 0. The van der Waals surface area contributed by atoms with Gasteiger partial charge in [-0.05, 0) is 49.0 Å². The highest BCUT2D eigenvalue weighted by molar-refractivity contribution is 5.31. The SMILES string of the molecule is C=CCOc1ccc(CN(C)Cc2nc(COc3ccc(OC)cc3)no2)cc1. The molecule has 0 bridgehead atoms. The van der Waals surface area contributed by atoms with Gasteiger partial charge in [-0.1, -0.05) is 29.9 Å². The average Bonchev–Trinajstić information content (AvgIpc) is 3.19. The number of nitrogens with zero attached hydrogens (tertiary/aromatic N) is 3. The van der Waals surface area contributed by atoms with E-state index in [-0.39, 0.29) is 6.61 Å². The molecule has 1 heterocycles. The van der Waals surface area contributed by atoms with Crippen LogP contribution in [-0.2, 0) is 19.7 Å². The van der Waals surface area contributed by atoms with E-state index in [1.807, 2.05) is 55.6 Å². The smallest absolute Gasteiger partial charge is 0.240 e. The molecule has 0 aliphatic heterocycles. The minimum Gasteiger partial charge on any atom is -0.497 e. The summed E-state index contributed by atoms with van der Waals surface area (Å²) in [7, 11) is 3.63. The quantitative estimate of drug-likeness (QED) is 0.457. The first kappa shape index (κ1) is 20.4. The van der Waals surface area contributed by atoms with Crippen molar-refractivity contribution >= 4 is 0 Å². The van der Waals surface area contributed by atoms with Crippen molar-refractivity contribution in [3.63, 3.8) is 0 Å². The molecule has 152 valence electrons. The highest BCUT2D eigenvalue weighted by Gasteiger charge is 2.10. The fraction of sp³-hybridized carbons (Fsp3) is 0.273. The van der Waals surface area contributed by atoms with Crippen molar-refractivity contribution in [1.29, 1.82) is 0 Å². The molecule has 0 atom stereocenters. The van der Waals surface area contributed by atoms with Crippen LogP contribution in [0, 0.1) is 0 Å². The summed E-state index contributed by atoms with van der Waals surface area (Å²) in [5.41, 5.74) is 1.17. The largest absolute Gasteiger partial charge is 0.497 e. The van der Waals surface area contributed by atoms with E-state index in [1.165, 1.54) is 5.56 Å². The lowest BCUT2D eigenvalue weighted by Gasteiger charge is -2.14. The van der Waals surface area contributed by atoms with Crippen LogP contribution < -0.4 is 14.2 Å². The fourth-order valence-electron chi connectivity index (χ4n) is 2.68. The van der Waals surface area contributed by atoms with E-state index in [0.717, 1.165) is 23.8 Å². The average molecular weight is 395 g/mol. The lowest BCUT2D eigenvalue weighted by Crippen LogP contribution is -2.17. The van der Waals surface area contributed by atoms with E-state index in [0.29, 0.717) is 24.9 Å². The Bertz CT molecular complexity index is 891. The van der Waals surface area contributed by atoms with Gasteiger partial charge < -0.3 is 18.7 Å². The highest BCUT2D eigenvalue weighted by Crippen LogP contribution is 2.18. The molecule has 0 aliphatic carbocycles. The standard InChI is InChI=1S/C22H25N3O4/c1-4-13-27-19-7-5-17(6-8-19)14-25(2)15-22-23-21(24-29-22)16-28-20-11-9-18(26-3)10-12-20/h4-12H,1,13-16H2,2-3H3. The Morgan fingerprint density at radius 2 is 1.62 bits per heavy atom. The maximum absolute atomic E-state index is 5.67. The van der Waals surface area contributed by atoms with Crippen LogP contribution in [0.2, 0.25) is 0 Å². The molecule has 0 N–H and O–H groups in total. The van der Waals surface area contributed by atoms with Gasteiger partial charge in [-0.25, -0.2) is 0 Å². The molecule has 0 saturated carbocycles. The second kappa shape index (κ2) is 10.3. The van der Waals surface area contributed by atoms with Crippen molar-refractivity contribution in [1.82, 2.24) is 15.0 Å². The Morgan fingerprint density at radius 1 is 0.966 bits per heavy atom. The number of ether oxygens (including phenoxy) is 3. The summed E-state index contributed by atoms with van der Waals surface area (Å²) in [6, 6.07) is 15.3. The van der Waals surface area contributed by atoms with Crippen LogP contribution >= 0.6 is 0 Å². The van der Waals surface area contributed by atoms with Crippen molar-refractivity contribution in [2.75, 3.05) is 20.8 Å². The molecule has 0 unspecified atom stereocenters. The van der Waals surface area contributed by atoms with Crippen molar-refractivity contribution < 1.29 is 18.7 Å².